The van der Waals surface area contributed by atoms with E-state index in [1.165, 1.54) is 23.1 Å². The molecule has 2 aromatic carbocycles. The standard InChI is InChI=1S/C23H22ClN5O3S2/c1-14-2-6-17(7-3-14)25-19(30)10-11-33-23-28-27-22(34-23)26-21(32)15-12-20(31)29(13-15)18-8-4-16(24)5-9-18/h2-9,15H,10-13H2,1H3,(H,25,30)(H,26,27,32). The van der Waals surface area contributed by atoms with Crippen molar-refractivity contribution in [1.82, 2.24) is 10.2 Å². The predicted octanol–water partition coefficient (Wildman–Crippen LogP) is 4.61. The Kier molecular flexibility index (Phi) is 7.81. The Bertz CT molecular complexity index is 1180. The van der Waals surface area contributed by atoms with Crippen LogP contribution in [-0.4, -0.2) is 40.2 Å². The lowest BCUT2D eigenvalue weighted by atomic mass is 10.1. The minimum atomic E-state index is -0.478. The van der Waals surface area contributed by atoms with Gasteiger partial charge in [0.05, 0.1) is 5.92 Å². The van der Waals surface area contributed by atoms with Crippen LogP contribution in [-0.2, 0) is 14.4 Å². The molecule has 8 nitrogen and oxygen atoms in total. The summed E-state index contributed by atoms with van der Waals surface area (Å²) in [5.74, 6) is -0.401. The van der Waals surface area contributed by atoms with Gasteiger partial charge in [-0.15, -0.1) is 10.2 Å². The Morgan fingerprint density at radius 2 is 1.85 bits per heavy atom. The maximum Gasteiger partial charge on any atom is 0.231 e. The first kappa shape index (κ1) is 24.2. The van der Waals surface area contributed by atoms with E-state index in [9.17, 15) is 14.4 Å². The smallest absolute Gasteiger partial charge is 0.231 e. The summed E-state index contributed by atoms with van der Waals surface area (Å²) in [6.45, 7) is 2.28. The highest BCUT2D eigenvalue weighted by Crippen LogP contribution is 2.29. The second-order valence-electron chi connectivity index (χ2n) is 7.76. The van der Waals surface area contributed by atoms with Gasteiger partial charge in [-0.1, -0.05) is 52.4 Å². The highest BCUT2D eigenvalue weighted by Gasteiger charge is 2.35. The van der Waals surface area contributed by atoms with Gasteiger partial charge in [0.15, 0.2) is 4.34 Å². The molecule has 0 saturated carbocycles. The van der Waals surface area contributed by atoms with Crippen LogP contribution in [0.25, 0.3) is 0 Å². The highest BCUT2D eigenvalue weighted by molar-refractivity contribution is 8.01. The molecule has 1 aromatic heterocycles. The molecule has 0 spiro atoms. The first-order chi connectivity index (χ1) is 16.4. The van der Waals surface area contributed by atoms with E-state index in [0.717, 1.165) is 11.3 Å². The van der Waals surface area contributed by atoms with Crippen LogP contribution < -0.4 is 15.5 Å². The van der Waals surface area contributed by atoms with Crippen LogP contribution in [0.2, 0.25) is 5.02 Å². The van der Waals surface area contributed by atoms with Crippen molar-refractivity contribution in [3.63, 3.8) is 0 Å². The van der Waals surface area contributed by atoms with Crippen LogP contribution in [0.5, 0.6) is 0 Å². The molecule has 2 N–H and O–H groups in total. The van der Waals surface area contributed by atoms with Crippen molar-refractivity contribution in [2.45, 2.75) is 24.1 Å². The van der Waals surface area contributed by atoms with Crippen molar-refractivity contribution in [1.29, 1.82) is 0 Å². The van der Waals surface area contributed by atoms with Crippen molar-refractivity contribution in [3.05, 3.63) is 59.1 Å². The van der Waals surface area contributed by atoms with Crippen LogP contribution in [0, 0.1) is 12.8 Å². The molecule has 176 valence electrons. The zero-order valence-electron chi connectivity index (χ0n) is 18.3. The quantitative estimate of drug-likeness (QED) is 0.335. The fourth-order valence-corrected chi connectivity index (χ4v) is 5.26. The zero-order valence-corrected chi connectivity index (χ0v) is 20.7. The molecule has 3 aromatic rings. The topological polar surface area (TPSA) is 104 Å². The number of hydrogen-bond donors (Lipinski definition) is 2. The van der Waals surface area contributed by atoms with Gasteiger partial charge in [-0.05, 0) is 43.3 Å². The van der Waals surface area contributed by atoms with Crippen LogP contribution in [0.1, 0.15) is 18.4 Å². The van der Waals surface area contributed by atoms with E-state index in [4.69, 9.17) is 11.6 Å². The number of rotatable bonds is 8. The highest BCUT2D eigenvalue weighted by atomic mass is 35.5. The Morgan fingerprint density at radius 3 is 2.59 bits per heavy atom. The van der Waals surface area contributed by atoms with E-state index in [1.807, 2.05) is 31.2 Å². The maximum atomic E-state index is 12.7. The number of halogens is 1. The minimum absolute atomic E-state index is 0.0782. The third-order valence-electron chi connectivity index (χ3n) is 5.16. The number of nitrogens with zero attached hydrogens (tertiary/aromatic N) is 3. The first-order valence-electron chi connectivity index (χ1n) is 10.6. The molecule has 1 unspecified atom stereocenters. The van der Waals surface area contributed by atoms with Crippen molar-refractivity contribution >= 4 is 68.9 Å². The maximum absolute atomic E-state index is 12.7. The summed E-state index contributed by atoms with van der Waals surface area (Å²) in [5, 5.41) is 14.6. The van der Waals surface area contributed by atoms with Crippen LogP contribution in [0.4, 0.5) is 16.5 Å². The molecular formula is C23H22ClN5O3S2. The summed E-state index contributed by atoms with van der Waals surface area (Å²) in [7, 11) is 0. The molecule has 1 atom stereocenters. The number of aryl methyl sites for hydroxylation is 1. The first-order valence-corrected chi connectivity index (χ1v) is 12.7. The number of aromatic nitrogens is 2. The molecule has 1 fully saturated rings. The molecule has 1 aliphatic heterocycles. The van der Waals surface area contributed by atoms with Crippen LogP contribution >= 0.6 is 34.7 Å². The monoisotopic (exact) mass is 515 g/mol. The predicted molar refractivity (Wildman–Crippen MR) is 136 cm³/mol. The van der Waals surface area contributed by atoms with E-state index < -0.39 is 5.92 Å². The normalized spacial score (nSPS) is 15.4. The van der Waals surface area contributed by atoms with E-state index >= 15 is 0 Å². The average Bonchev–Trinajstić information content (AvgIpc) is 3.42. The molecule has 34 heavy (non-hydrogen) atoms. The van der Waals surface area contributed by atoms with Gasteiger partial charge in [0.2, 0.25) is 22.9 Å². The summed E-state index contributed by atoms with van der Waals surface area (Å²) >= 11 is 8.55. The van der Waals surface area contributed by atoms with Crippen LogP contribution in [0.3, 0.4) is 0 Å². The lowest BCUT2D eigenvalue weighted by Gasteiger charge is -2.16. The Morgan fingerprint density at radius 1 is 1.12 bits per heavy atom. The van der Waals surface area contributed by atoms with Crippen molar-refractivity contribution in [3.8, 4) is 0 Å². The second kappa shape index (κ2) is 11.0. The number of carbonyl (C=O) groups is 3. The molecule has 1 aliphatic rings. The van der Waals surface area contributed by atoms with E-state index in [1.54, 1.807) is 29.2 Å². The van der Waals surface area contributed by atoms with E-state index in [2.05, 4.69) is 20.8 Å². The Balaban J connectivity index is 1.23. The number of anilines is 3. The van der Waals surface area contributed by atoms with Gasteiger partial charge < -0.3 is 15.5 Å². The van der Waals surface area contributed by atoms with Gasteiger partial charge in [0.25, 0.3) is 0 Å². The second-order valence-corrected chi connectivity index (χ2v) is 10.5. The molecule has 4 rings (SSSR count). The summed E-state index contributed by atoms with van der Waals surface area (Å²) in [6, 6.07) is 14.6. The average molecular weight is 516 g/mol. The lowest BCUT2D eigenvalue weighted by molar-refractivity contribution is -0.122. The van der Waals surface area contributed by atoms with E-state index in [-0.39, 0.29) is 24.1 Å². The lowest BCUT2D eigenvalue weighted by Crippen LogP contribution is -2.28. The van der Waals surface area contributed by atoms with Gasteiger partial charge in [-0.25, -0.2) is 0 Å². The number of nitrogens with one attached hydrogen (secondary N) is 2. The fraction of sp³-hybridized carbons (Fsp3) is 0.261. The van der Waals surface area contributed by atoms with Gasteiger partial charge in [-0.2, -0.15) is 0 Å². The van der Waals surface area contributed by atoms with Gasteiger partial charge in [-0.3, -0.25) is 14.4 Å². The molecule has 0 radical (unpaired) electrons. The van der Waals surface area contributed by atoms with E-state index in [0.29, 0.717) is 38.9 Å². The number of carbonyl (C=O) groups excluding carboxylic acids is 3. The van der Waals surface area contributed by atoms with Crippen molar-refractivity contribution in [2.24, 2.45) is 5.92 Å². The third kappa shape index (κ3) is 6.34. The van der Waals surface area contributed by atoms with Crippen molar-refractivity contribution < 1.29 is 14.4 Å². The van der Waals surface area contributed by atoms with Gasteiger partial charge in [0, 0.05) is 41.5 Å². The van der Waals surface area contributed by atoms with Gasteiger partial charge >= 0.3 is 0 Å². The van der Waals surface area contributed by atoms with Crippen LogP contribution in [0.15, 0.2) is 52.9 Å². The Labute approximate surface area is 210 Å². The number of thioether (sulfide) groups is 1. The number of benzene rings is 2. The number of amides is 3. The molecule has 2 heterocycles. The number of hydrogen-bond acceptors (Lipinski definition) is 7. The van der Waals surface area contributed by atoms with Crippen molar-refractivity contribution in [2.75, 3.05) is 27.8 Å². The minimum Gasteiger partial charge on any atom is -0.326 e. The molecule has 11 heteroatoms. The third-order valence-corrected chi connectivity index (χ3v) is 7.39. The molecular weight excluding hydrogens is 494 g/mol. The van der Waals surface area contributed by atoms with Gasteiger partial charge in [0.1, 0.15) is 0 Å². The summed E-state index contributed by atoms with van der Waals surface area (Å²) in [5.41, 5.74) is 2.61. The Hall–Kier alpha value is -2.95. The largest absolute Gasteiger partial charge is 0.326 e. The summed E-state index contributed by atoms with van der Waals surface area (Å²) in [4.78, 5) is 38.7. The summed E-state index contributed by atoms with van der Waals surface area (Å²) in [6.07, 6.45) is 0.454. The SMILES string of the molecule is Cc1ccc(NC(=O)CCSc2nnc(NC(=O)C3CC(=O)N(c4ccc(Cl)cc4)C3)s2)cc1. The summed E-state index contributed by atoms with van der Waals surface area (Å²) < 4.78 is 0.656. The molecule has 0 aliphatic carbocycles. The molecule has 3 amide bonds. The zero-order chi connectivity index (χ0) is 24.1. The molecule has 1 saturated heterocycles. The fourth-order valence-electron chi connectivity index (χ4n) is 3.37. The molecule has 0 bridgehead atoms.